The van der Waals surface area contributed by atoms with E-state index in [1.807, 2.05) is 12.1 Å². The van der Waals surface area contributed by atoms with Gasteiger partial charge in [-0.15, -0.1) is 0 Å². The van der Waals surface area contributed by atoms with Crippen molar-refractivity contribution in [1.29, 1.82) is 0 Å². The molecule has 2 aromatic carbocycles. The first-order valence-electron chi connectivity index (χ1n) is 9.75. The zero-order valence-electron chi connectivity index (χ0n) is 15.6. The number of hydrogen-bond acceptors (Lipinski definition) is 3. The molecule has 0 radical (unpaired) electrons. The highest BCUT2D eigenvalue weighted by Crippen LogP contribution is 2.66. The van der Waals surface area contributed by atoms with Crippen LogP contribution in [-0.2, 0) is 15.6 Å². The Kier molecular flexibility index (Phi) is 3.75. The summed E-state index contributed by atoms with van der Waals surface area (Å²) in [5.41, 5.74) is 2.87. The van der Waals surface area contributed by atoms with Crippen molar-refractivity contribution in [1.82, 2.24) is 0 Å². The molecule has 4 heterocycles. The van der Waals surface area contributed by atoms with Crippen molar-refractivity contribution in [3.63, 3.8) is 0 Å². The average Bonchev–Trinajstić information content (AvgIpc) is 2.62. The molecule has 1 amide bonds. The Hall–Kier alpha value is -2.22. The molecule has 1 spiro atoms. The number of amides is 1. The lowest BCUT2D eigenvalue weighted by molar-refractivity contribution is -1.11. The van der Waals surface area contributed by atoms with Gasteiger partial charge in [-0.25, -0.2) is 13.6 Å². The summed E-state index contributed by atoms with van der Waals surface area (Å²) < 4.78 is 23.9. The lowest BCUT2D eigenvalue weighted by Crippen LogP contribution is -2.91. The molecule has 2 aromatic rings. The Balaban J connectivity index is 1.31. The number of benzene rings is 2. The molecule has 1 atom stereocenters. The molecule has 7 heteroatoms. The number of hydrogen-bond donors (Lipinski definition) is 2. The fraction of sp³-hybridized carbons (Fsp3) is 0.381. The molecule has 0 aliphatic carbocycles. The molecule has 146 valence electrons. The third-order valence-electron chi connectivity index (χ3n) is 7.14. The predicted molar refractivity (Wildman–Crippen MR) is 106 cm³/mol. The SMILES string of the molecule is NS(=O)(=O)c1ccc(C(=O)Nc2ccc([C@]34CCCC[N+]35CC4C5)cc2)cc1. The Labute approximate surface area is 165 Å². The van der Waals surface area contributed by atoms with Crippen molar-refractivity contribution in [2.45, 2.75) is 29.7 Å². The summed E-state index contributed by atoms with van der Waals surface area (Å²) in [6, 6.07) is 13.9. The molecule has 4 aliphatic heterocycles. The zero-order chi connectivity index (χ0) is 19.6. The van der Waals surface area contributed by atoms with E-state index in [0.717, 1.165) is 11.6 Å². The van der Waals surface area contributed by atoms with Crippen LogP contribution in [0, 0.1) is 5.92 Å². The topological polar surface area (TPSA) is 89.3 Å². The van der Waals surface area contributed by atoms with E-state index in [1.165, 1.54) is 73.2 Å². The van der Waals surface area contributed by atoms with Crippen LogP contribution < -0.4 is 10.5 Å². The minimum atomic E-state index is -3.76. The highest BCUT2D eigenvalue weighted by Gasteiger charge is 2.78. The van der Waals surface area contributed by atoms with E-state index < -0.39 is 10.0 Å². The molecule has 0 unspecified atom stereocenters. The maximum atomic E-state index is 12.5. The monoisotopic (exact) mass is 398 g/mol. The molecule has 3 N–H and O–H groups in total. The minimum absolute atomic E-state index is 0.00809. The van der Waals surface area contributed by atoms with E-state index in [2.05, 4.69) is 17.4 Å². The fourth-order valence-corrected chi connectivity index (χ4v) is 6.22. The number of anilines is 1. The first kappa shape index (κ1) is 17.8. The minimum Gasteiger partial charge on any atom is -0.322 e. The summed E-state index contributed by atoms with van der Waals surface area (Å²) >= 11 is 0. The number of carbonyl (C=O) groups excluding carboxylic acids is 1. The van der Waals surface area contributed by atoms with Gasteiger partial charge >= 0.3 is 0 Å². The van der Waals surface area contributed by atoms with Gasteiger partial charge in [0, 0.05) is 23.2 Å². The van der Waals surface area contributed by atoms with Crippen molar-refractivity contribution >= 4 is 21.6 Å². The van der Waals surface area contributed by atoms with Gasteiger partial charge in [0.25, 0.3) is 5.91 Å². The standard InChI is InChI=1S/C21H23N3O3S/c22-28(26,27)19-9-3-15(4-10-19)20(25)23-18-7-5-16(6-8-18)21-11-1-2-12-24(21)13-17(21)14-24/h3-10,17H,1-2,11-14H2,(H2-,22,23,25,26,27)/p+1/t17?,21-,24?/m0/s1. The van der Waals surface area contributed by atoms with Gasteiger partial charge in [-0.3, -0.25) is 4.79 Å². The van der Waals surface area contributed by atoms with Gasteiger partial charge < -0.3 is 9.80 Å². The first-order valence-corrected chi connectivity index (χ1v) is 11.3. The molecule has 28 heavy (non-hydrogen) atoms. The maximum Gasteiger partial charge on any atom is 0.255 e. The number of carbonyl (C=O) groups is 1. The van der Waals surface area contributed by atoms with Gasteiger partial charge in [-0.05, 0) is 49.2 Å². The van der Waals surface area contributed by atoms with Crippen molar-refractivity contribution in [2.75, 3.05) is 25.0 Å². The summed E-state index contributed by atoms with van der Waals surface area (Å²) in [5.74, 6) is 0.550. The smallest absolute Gasteiger partial charge is 0.255 e. The van der Waals surface area contributed by atoms with Crippen LogP contribution in [0.5, 0.6) is 0 Å². The quantitative estimate of drug-likeness (QED) is 0.775. The second kappa shape index (κ2) is 5.89. The third kappa shape index (κ3) is 2.40. The number of nitrogens with one attached hydrogen (secondary N) is 1. The Morgan fingerprint density at radius 3 is 2.25 bits per heavy atom. The van der Waals surface area contributed by atoms with Crippen LogP contribution in [0.25, 0.3) is 0 Å². The molecule has 6 rings (SSSR count). The number of rotatable bonds is 4. The number of piperidine rings is 1. The van der Waals surface area contributed by atoms with Crippen molar-refractivity contribution < 1.29 is 17.7 Å². The third-order valence-corrected chi connectivity index (χ3v) is 8.07. The van der Waals surface area contributed by atoms with Crippen LogP contribution in [-0.4, -0.2) is 38.4 Å². The van der Waals surface area contributed by atoms with Crippen molar-refractivity contribution in [2.24, 2.45) is 11.1 Å². The van der Waals surface area contributed by atoms with Gasteiger partial charge in [-0.1, -0.05) is 12.1 Å². The lowest BCUT2D eigenvalue weighted by Gasteiger charge is -2.78. The number of nitrogens with zero attached hydrogens (tertiary/aromatic N) is 1. The van der Waals surface area contributed by atoms with Gasteiger partial charge in [0.2, 0.25) is 10.0 Å². The molecular weight excluding hydrogens is 374 g/mol. The van der Waals surface area contributed by atoms with E-state index in [9.17, 15) is 13.2 Å². The van der Waals surface area contributed by atoms with Crippen LogP contribution >= 0.6 is 0 Å². The largest absolute Gasteiger partial charge is 0.322 e. The summed E-state index contributed by atoms with van der Waals surface area (Å²) in [4.78, 5) is 12.4. The molecule has 4 fully saturated rings. The molecular formula is C21H24N3O3S+. The van der Waals surface area contributed by atoms with Crippen LogP contribution in [0.3, 0.4) is 0 Å². The summed E-state index contributed by atoms with van der Waals surface area (Å²) in [7, 11) is -3.76. The second-order valence-corrected chi connectivity index (χ2v) is 9.97. The predicted octanol–water partition coefficient (Wildman–Crippen LogP) is 2.43. The van der Waals surface area contributed by atoms with E-state index in [-0.39, 0.29) is 10.8 Å². The highest BCUT2D eigenvalue weighted by molar-refractivity contribution is 7.89. The van der Waals surface area contributed by atoms with Gasteiger partial charge in [0.15, 0.2) is 0 Å². The summed E-state index contributed by atoms with van der Waals surface area (Å²) in [6.07, 6.45) is 3.93. The molecule has 4 saturated heterocycles. The second-order valence-electron chi connectivity index (χ2n) is 8.41. The van der Waals surface area contributed by atoms with E-state index >= 15 is 0 Å². The summed E-state index contributed by atoms with van der Waals surface area (Å²) in [5, 5.41) is 7.97. The summed E-state index contributed by atoms with van der Waals surface area (Å²) in [6.45, 7) is 3.99. The van der Waals surface area contributed by atoms with Crippen molar-refractivity contribution in [3.05, 3.63) is 59.7 Å². The van der Waals surface area contributed by atoms with E-state index in [1.54, 1.807) is 0 Å². The van der Waals surface area contributed by atoms with Crippen LogP contribution in [0.1, 0.15) is 35.2 Å². The average molecular weight is 399 g/mol. The molecule has 0 aromatic heterocycles. The maximum absolute atomic E-state index is 12.5. The Bertz CT molecular complexity index is 1040. The van der Waals surface area contributed by atoms with Crippen LogP contribution in [0.2, 0.25) is 0 Å². The van der Waals surface area contributed by atoms with Gasteiger partial charge in [0.05, 0.1) is 24.5 Å². The Morgan fingerprint density at radius 2 is 1.71 bits per heavy atom. The zero-order valence-corrected chi connectivity index (χ0v) is 16.4. The number of nitrogens with two attached hydrogens (primary N) is 1. The fourth-order valence-electron chi connectivity index (χ4n) is 5.71. The number of quaternary nitrogens is 1. The number of sulfonamides is 1. The van der Waals surface area contributed by atoms with Crippen LogP contribution in [0.4, 0.5) is 5.69 Å². The van der Waals surface area contributed by atoms with Crippen LogP contribution in [0.15, 0.2) is 53.4 Å². The van der Waals surface area contributed by atoms with E-state index in [0.29, 0.717) is 11.1 Å². The normalized spacial score (nSPS) is 30.5. The van der Waals surface area contributed by atoms with Crippen molar-refractivity contribution in [3.8, 4) is 0 Å². The van der Waals surface area contributed by atoms with E-state index in [4.69, 9.17) is 5.14 Å². The lowest BCUT2D eigenvalue weighted by atomic mass is 9.53. The molecule has 0 saturated carbocycles. The van der Waals surface area contributed by atoms with Gasteiger partial charge in [0.1, 0.15) is 11.5 Å². The molecule has 2 bridgehead atoms. The Morgan fingerprint density at radius 1 is 1.04 bits per heavy atom. The first-order chi connectivity index (χ1) is 13.3. The highest BCUT2D eigenvalue weighted by atomic mass is 32.2. The number of primary sulfonamides is 1. The van der Waals surface area contributed by atoms with Gasteiger partial charge in [-0.2, -0.15) is 0 Å². The molecule has 6 nitrogen and oxygen atoms in total. The molecule has 4 aliphatic rings.